The summed E-state index contributed by atoms with van der Waals surface area (Å²) in [6.07, 6.45) is 4.42. The van der Waals surface area contributed by atoms with Crippen LogP contribution in [0.5, 0.6) is 0 Å². The quantitative estimate of drug-likeness (QED) is 0.613. The van der Waals surface area contributed by atoms with Gasteiger partial charge in [0, 0.05) is 23.3 Å². The fourth-order valence-electron chi connectivity index (χ4n) is 3.09. The van der Waals surface area contributed by atoms with Crippen molar-refractivity contribution >= 4 is 22.6 Å². The molecule has 0 aliphatic carbocycles. The highest BCUT2D eigenvalue weighted by atomic mass is 35.5. The van der Waals surface area contributed by atoms with Crippen molar-refractivity contribution in [2.24, 2.45) is 0 Å². The van der Waals surface area contributed by atoms with E-state index in [-0.39, 0.29) is 5.82 Å². The van der Waals surface area contributed by atoms with Crippen molar-refractivity contribution in [3.8, 4) is 0 Å². The van der Waals surface area contributed by atoms with Crippen LogP contribution in [0.15, 0.2) is 22.7 Å². The smallest absolute Gasteiger partial charge is 0.170 e. The minimum absolute atomic E-state index is 0.278. The van der Waals surface area contributed by atoms with Gasteiger partial charge in [-0.2, -0.15) is 0 Å². The fraction of sp³-hybridized carbons (Fsp3) is 0.562. The third-order valence-electron chi connectivity index (χ3n) is 4.29. The molecule has 1 fully saturated rings. The lowest BCUT2D eigenvalue weighted by Crippen LogP contribution is -2.33. The van der Waals surface area contributed by atoms with Crippen LogP contribution >= 0.6 is 11.6 Å². The van der Waals surface area contributed by atoms with E-state index >= 15 is 0 Å². The molecule has 1 aliphatic heterocycles. The lowest BCUT2D eigenvalue weighted by atomic mass is 9.91. The standard InChI is InChI=1S/C16H20ClFN2O/c17-7-1-2-8-20-9-5-12(6-10-20)16-14-4-3-13(18)11-15(14)21-19-16/h3-4,11-12H,1-2,5-10H2. The number of alkyl halides is 1. The number of nitrogens with zero attached hydrogens (tertiary/aromatic N) is 2. The van der Waals surface area contributed by atoms with Crippen molar-refractivity contribution in [3.05, 3.63) is 29.7 Å². The largest absolute Gasteiger partial charge is 0.356 e. The lowest BCUT2D eigenvalue weighted by Gasteiger charge is -2.31. The summed E-state index contributed by atoms with van der Waals surface area (Å²) in [5, 5.41) is 5.14. The molecular formula is C16H20ClFN2O. The van der Waals surface area contributed by atoms with E-state index in [0.717, 1.165) is 55.9 Å². The van der Waals surface area contributed by atoms with Gasteiger partial charge in [-0.3, -0.25) is 0 Å². The third kappa shape index (κ3) is 3.38. The Bertz CT molecular complexity index is 593. The van der Waals surface area contributed by atoms with Gasteiger partial charge in [0.2, 0.25) is 0 Å². The second kappa shape index (κ2) is 6.75. The molecule has 1 saturated heterocycles. The van der Waals surface area contributed by atoms with E-state index in [1.807, 2.05) is 0 Å². The van der Waals surface area contributed by atoms with Crippen LogP contribution in [0.3, 0.4) is 0 Å². The molecule has 0 unspecified atom stereocenters. The Hall–Kier alpha value is -1.13. The van der Waals surface area contributed by atoms with Crippen LogP contribution in [0.4, 0.5) is 4.39 Å². The summed E-state index contributed by atoms with van der Waals surface area (Å²) in [7, 11) is 0. The van der Waals surface area contributed by atoms with Crippen molar-refractivity contribution in [1.82, 2.24) is 10.1 Å². The van der Waals surface area contributed by atoms with E-state index in [1.165, 1.54) is 18.6 Å². The van der Waals surface area contributed by atoms with Gasteiger partial charge in [-0.05, 0) is 57.5 Å². The second-order valence-corrected chi connectivity index (χ2v) is 6.10. The van der Waals surface area contributed by atoms with E-state index in [4.69, 9.17) is 16.1 Å². The molecule has 5 heteroatoms. The molecule has 2 aromatic rings. The highest BCUT2D eigenvalue weighted by Gasteiger charge is 2.24. The number of rotatable bonds is 5. The minimum atomic E-state index is -0.278. The molecule has 1 aromatic heterocycles. The molecule has 0 radical (unpaired) electrons. The van der Waals surface area contributed by atoms with Crippen LogP contribution in [0.2, 0.25) is 0 Å². The summed E-state index contributed by atoms with van der Waals surface area (Å²) >= 11 is 5.71. The summed E-state index contributed by atoms with van der Waals surface area (Å²) in [5.74, 6) is 0.887. The molecule has 2 heterocycles. The third-order valence-corrected chi connectivity index (χ3v) is 4.56. The fourth-order valence-corrected chi connectivity index (χ4v) is 3.27. The van der Waals surface area contributed by atoms with Crippen LogP contribution in [0, 0.1) is 5.82 Å². The molecule has 1 aromatic carbocycles. The van der Waals surface area contributed by atoms with Crippen LogP contribution in [-0.4, -0.2) is 35.6 Å². The molecule has 0 amide bonds. The van der Waals surface area contributed by atoms with E-state index in [0.29, 0.717) is 11.5 Å². The first-order valence-corrected chi connectivity index (χ1v) is 8.14. The Balaban J connectivity index is 1.63. The van der Waals surface area contributed by atoms with Crippen LogP contribution in [0.1, 0.15) is 37.3 Å². The molecule has 0 spiro atoms. The molecule has 21 heavy (non-hydrogen) atoms. The highest BCUT2D eigenvalue weighted by Crippen LogP contribution is 2.32. The number of aromatic nitrogens is 1. The predicted molar refractivity (Wildman–Crippen MR) is 82.3 cm³/mol. The zero-order chi connectivity index (χ0) is 14.7. The summed E-state index contributed by atoms with van der Waals surface area (Å²) in [6, 6.07) is 4.67. The van der Waals surface area contributed by atoms with E-state index in [2.05, 4.69) is 10.1 Å². The second-order valence-electron chi connectivity index (χ2n) is 5.72. The van der Waals surface area contributed by atoms with Gasteiger partial charge in [0.25, 0.3) is 0 Å². The summed E-state index contributed by atoms with van der Waals surface area (Å²) in [5.41, 5.74) is 1.54. The Kier molecular flexibility index (Phi) is 4.76. The monoisotopic (exact) mass is 310 g/mol. The number of halogens is 2. The zero-order valence-electron chi connectivity index (χ0n) is 12.0. The van der Waals surface area contributed by atoms with E-state index < -0.39 is 0 Å². The van der Waals surface area contributed by atoms with Crippen molar-refractivity contribution in [3.63, 3.8) is 0 Å². The van der Waals surface area contributed by atoms with Gasteiger partial charge in [0.05, 0.1) is 5.69 Å². The maximum Gasteiger partial charge on any atom is 0.170 e. The number of fused-ring (bicyclic) bond motifs is 1. The minimum Gasteiger partial charge on any atom is -0.356 e. The van der Waals surface area contributed by atoms with Crippen molar-refractivity contribution in [2.45, 2.75) is 31.6 Å². The molecule has 3 nitrogen and oxygen atoms in total. The van der Waals surface area contributed by atoms with Gasteiger partial charge in [0.1, 0.15) is 5.82 Å². The molecule has 0 atom stereocenters. The number of benzene rings is 1. The van der Waals surface area contributed by atoms with Crippen LogP contribution < -0.4 is 0 Å². The average Bonchev–Trinajstić information content (AvgIpc) is 2.91. The average molecular weight is 311 g/mol. The van der Waals surface area contributed by atoms with E-state index in [1.54, 1.807) is 6.07 Å². The maximum absolute atomic E-state index is 13.2. The highest BCUT2D eigenvalue weighted by molar-refractivity contribution is 6.17. The SMILES string of the molecule is Fc1ccc2c(C3CCN(CCCCCl)CC3)noc2c1. The van der Waals surface area contributed by atoms with Gasteiger partial charge < -0.3 is 9.42 Å². The number of hydrogen-bond donors (Lipinski definition) is 0. The lowest BCUT2D eigenvalue weighted by molar-refractivity contribution is 0.207. The van der Waals surface area contributed by atoms with Gasteiger partial charge >= 0.3 is 0 Å². The van der Waals surface area contributed by atoms with Crippen LogP contribution in [-0.2, 0) is 0 Å². The summed E-state index contributed by atoms with van der Waals surface area (Å²) in [4.78, 5) is 2.49. The number of hydrogen-bond acceptors (Lipinski definition) is 3. The van der Waals surface area contributed by atoms with E-state index in [9.17, 15) is 4.39 Å². The first kappa shape index (κ1) is 14.8. The molecule has 114 valence electrons. The van der Waals surface area contributed by atoms with Crippen molar-refractivity contribution < 1.29 is 8.91 Å². The molecular weight excluding hydrogens is 291 g/mol. The van der Waals surface area contributed by atoms with Gasteiger partial charge in [-0.15, -0.1) is 11.6 Å². The first-order valence-electron chi connectivity index (χ1n) is 7.61. The Morgan fingerprint density at radius 3 is 2.86 bits per heavy atom. The molecule has 3 rings (SSSR count). The predicted octanol–water partition coefficient (Wildman–Crippen LogP) is 4.17. The van der Waals surface area contributed by atoms with Gasteiger partial charge in [0.15, 0.2) is 5.58 Å². The molecule has 1 aliphatic rings. The number of unbranched alkanes of at least 4 members (excludes halogenated alkanes) is 1. The number of piperidine rings is 1. The summed E-state index contributed by atoms with van der Waals surface area (Å²) < 4.78 is 18.5. The molecule has 0 saturated carbocycles. The normalized spacial score (nSPS) is 17.6. The first-order chi connectivity index (χ1) is 10.3. The van der Waals surface area contributed by atoms with Crippen LogP contribution in [0.25, 0.3) is 11.0 Å². The van der Waals surface area contributed by atoms with Gasteiger partial charge in [-0.25, -0.2) is 4.39 Å². The molecule has 0 bridgehead atoms. The maximum atomic E-state index is 13.2. The van der Waals surface area contributed by atoms with Crippen molar-refractivity contribution in [1.29, 1.82) is 0 Å². The topological polar surface area (TPSA) is 29.3 Å². The van der Waals surface area contributed by atoms with Gasteiger partial charge in [-0.1, -0.05) is 5.16 Å². The zero-order valence-corrected chi connectivity index (χ0v) is 12.8. The Morgan fingerprint density at radius 1 is 1.29 bits per heavy atom. The summed E-state index contributed by atoms with van der Waals surface area (Å²) in [6.45, 7) is 3.30. The Morgan fingerprint density at radius 2 is 2.10 bits per heavy atom. The Labute approximate surface area is 129 Å². The van der Waals surface area contributed by atoms with Crippen molar-refractivity contribution in [2.75, 3.05) is 25.5 Å². The number of likely N-dealkylation sites (tertiary alicyclic amines) is 1. The molecule has 0 N–H and O–H groups in total.